The molecule has 2 aromatic rings. The molecule has 5 nitrogen and oxygen atoms in total. The number of halogens is 1. The van der Waals surface area contributed by atoms with E-state index in [1.165, 1.54) is 11.3 Å². The number of urea groups is 1. The van der Waals surface area contributed by atoms with Gasteiger partial charge in [0.15, 0.2) is 5.13 Å². The number of aromatic nitrogens is 1. The van der Waals surface area contributed by atoms with E-state index in [0.717, 1.165) is 11.3 Å². The molecule has 112 valence electrons. The monoisotopic (exact) mass is 325 g/mol. The van der Waals surface area contributed by atoms with E-state index < -0.39 is 6.10 Å². The first-order valence-corrected chi connectivity index (χ1v) is 7.71. The number of hydrogen-bond donors (Lipinski definition) is 3. The normalized spacial score (nSPS) is 12.0. The van der Waals surface area contributed by atoms with Crippen LogP contribution in [0.5, 0.6) is 0 Å². The summed E-state index contributed by atoms with van der Waals surface area (Å²) in [6.07, 6.45) is 1.84. The van der Waals surface area contributed by atoms with Gasteiger partial charge in [0, 0.05) is 22.6 Å². The Kier molecular flexibility index (Phi) is 5.55. The molecule has 0 bridgehead atoms. The van der Waals surface area contributed by atoms with Crippen molar-refractivity contribution in [1.82, 2.24) is 10.3 Å². The molecule has 3 N–H and O–H groups in total. The molecule has 0 spiro atoms. The van der Waals surface area contributed by atoms with Crippen molar-refractivity contribution in [2.45, 2.75) is 19.4 Å². The van der Waals surface area contributed by atoms with Crippen LogP contribution >= 0.6 is 22.9 Å². The van der Waals surface area contributed by atoms with Crippen molar-refractivity contribution in [2.24, 2.45) is 0 Å². The molecule has 1 atom stereocenters. The maximum Gasteiger partial charge on any atom is 0.321 e. The van der Waals surface area contributed by atoms with Crippen molar-refractivity contribution in [3.8, 4) is 0 Å². The van der Waals surface area contributed by atoms with Crippen LogP contribution in [0, 0.1) is 0 Å². The van der Waals surface area contributed by atoms with Gasteiger partial charge in [-0.05, 0) is 24.1 Å². The predicted molar refractivity (Wildman–Crippen MR) is 84.9 cm³/mol. The van der Waals surface area contributed by atoms with Crippen LogP contribution in [0.15, 0.2) is 30.5 Å². The van der Waals surface area contributed by atoms with E-state index >= 15 is 0 Å². The van der Waals surface area contributed by atoms with Gasteiger partial charge >= 0.3 is 6.03 Å². The highest BCUT2D eigenvalue weighted by molar-refractivity contribution is 7.15. The van der Waals surface area contributed by atoms with Gasteiger partial charge in [0.1, 0.15) is 0 Å². The third kappa shape index (κ3) is 4.70. The Balaban J connectivity index is 1.81. The molecule has 0 aliphatic rings. The Labute approximate surface area is 132 Å². The summed E-state index contributed by atoms with van der Waals surface area (Å²) >= 11 is 7.21. The van der Waals surface area contributed by atoms with Gasteiger partial charge in [-0.25, -0.2) is 9.78 Å². The van der Waals surface area contributed by atoms with Crippen LogP contribution in [-0.2, 0) is 6.42 Å². The summed E-state index contributed by atoms with van der Waals surface area (Å²) < 4.78 is 0. The first kappa shape index (κ1) is 15.8. The molecular weight excluding hydrogens is 310 g/mol. The number of carbonyl (C=O) groups is 1. The quantitative estimate of drug-likeness (QED) is 0.790. The Morgan fingerprint density at radius 2 is 2.14 bits per heavy atom. The van der Waals surface area contributed by atoms with Crippen molar-refractivity contribution < 1.29 is 9.90 Å². The van der Waals surface area contributed by atoms with Crippen LogP contribution in [-0.4, -0.2) is 22.7 Å². The fourth-order valence-electron chi connectivity index (χ4n) is 1.66. The Hall–Kier alpha value is -1.63. The minimum absolute atomic E-state index is 0.111. The minimum atomic E-state index is -0.782. The van der Waals surface area contributed by atoms with Crippen molar-refractivity contribution in [1.29, 1.82) is 0 Å². The average molecular weight is 326 g/mol. The number of aliphatic hydroxyl groups excluding tert-OH is 1. The van der Waals surface area contributed by atoms with E-state index in [0.29, 0.717) is 15.7 Å². The number of carbonyl (C=O) groups excluding carboxylic acids is 1. The van der Waals surface area contributed by atoms with Crippen LogP contribution in [0.25, 0.3) is 0 Å². The maximum absolute atomic E-state index is 11.7. The summed E-state index contributed by atoms with van der Waals surface area (Å²) in [4.78, 5) is 16.9. The smallest absolute Gasteiger partial charge is 0.321 e. The number of benzene rings is 1. The van der Waals surface area contributed by atoms with Crippen LogP contribution < -0.4 is 10.6 Å². The number of rotatable bonds is 5. The summed E-state index contributed by atoms with van der Waals surface area (Å²) in [6.45, 7) is 2.14. The molecular formula is C14H16ClN3O2S. The van der Waals surface area contributed by atoms with Crippen molar-refractivity contribution in [2.75, 3.05) is 11.9 Å². The van der Waals surface area contributed by atoms with Crippen LogP contribution in [0.2, 0.25) is 5.02 Å². The standard InChI is InChI=1S/C14H16ClN3O2S/c1-2-11-7-17-14(21-11)18-13(20)16-8-12(19)9-3-5-10(15)6-4-9/h3-7,12,19H,2,8H2,1H3,(H2,16,17,18,20). The van der Waals surface area contributed by atoms with E-state index in [-0.39, 0.29) is 12.6 Å². The van der Waals surface area contributed by atoms with Crippen molar-refractivity contribution >= 4 is 34.1 Å². The number of nitrogens with one attached hydrogen (secondary N) is 2. The molecule has 0 aliphatic heterocycles. The average Bonchev–Trinajstić information content (AvgIpc) is 2.93. The molecule has 0 saturated heterocycles. The van der Waals surface area contributed by atoms with Crippen LogP contribution in [0.3, 0.4) is 0 Å². The van der Waals surface area contributed by atoms with Gasteiger partial charge in [-0.1, -0.05) is 30.7 Å². The van der Waals surface area contributed by atoms with E-state index in [1.54, 1.807) is 30.5 Å². The third-order valence-corrected chi connectivity index (χ3v) is 4.14. The van der Waals surface area contributed by atoms with Crippen molar-refractivity contribution in [3.05, 3.63) is 45.9 Å². The molecule has 0 aliphatic carbocycles. The molecule has 0 saturated carbocycles. The maximum atomic E-state index is 11.7. The molecule has 21 heavy (non-hydrogen) atoms. The number of aliphatic hydroxyl groups is 1. The second-order valence-electron chi connectivity index (χ2n) is 4.39. The van der Waals surface area contributed by atoms with Gasteiger partial charge in [0.05, 0.1) is 6.10 Å². The van der Waals surface area contributed by atoms with E-state index in [9.17, 15) is 9.90 Å². The summed E-state index contributed by atoms with van der Waals surface area (Å²) in [6, 6.07) is 6.45. The molecule has 0 fully saturated rings. The highest BCUT2D eigenvalue weighted by Crippen LogP contribution is 2.18. The Morgan fingerprint density at radius 1 is 1.43 bits per heavy atom. The Morgan fingerprint density at radius 3 is 2.76 bits per heavy atom. The van der Waals surface area contributed by atoms with E-state index in [2.05, 4.69) is 15.6 Å². The van der Waals surface area contributed by atoms with E-state index in [1.807, 2.05) is 6.92 Å². The topological polar surface area (TPSA) is 74.2 Å². The van der Waals surface area contributed by atoms with Gasteiger partial charge in [-0.2, -0.15) is 0 Å². The number of nitrogens with zero attached hydrogens (tertiary/aromatic N) is 1. The lowest BCUT2D eigenvalue weighted by atomic mass is 10.1. The molecule has 0 radical (unpaired) electrons. The lowest BCUT2D eigenvalue weighted by Crippen LogP contribution is -2.32. The fourth-order valence-corrected chi connectivity index (χ4v) is 2.54. The largest absolute Gasteiger partial charge is 0.387 e. The highest BCUT2D eigenvalue weighted by atomic mass is 35.5. The van der Waals surface area contributed by atoms with Gasteiger partial charge in [-0.15, -0.1) is 11.3 Å². The molecule has 2 rings (SSSR count). The zero-order valence-corrected chi connectivity index (χ0v) is 13.0. The second-order valence-corrected chi connectivity index (χ2v) is 5.94. The zero-order chi connectivity index (χ0) is 15.2. The number of thiazole rings is 1. The first-order valence-electron chi connectivity index (χ1n) is 6.51. The molecule has 1 aromatic carbocycles. The molecule has 7 heteroatoms. The molecule has 2 amide bonds. The van der Waals surface area contributed by atoms with Gasteiger partial charge in [0.25, 0.3) is 0 Å². The van der Waals surface area contributed by atoms with E-state index in [4.69, 9.17) is 11.6 Å². The van der Waals surface area contributed by atoms with Gasteiger partial charge < -0.3 is 10.4 Å². The minimum Gasteiger partial charge on any atom is -0.387 e. The highest BCUT2D eigenvalue weighted by Gasteiger charge is 2.10. The number of anilines is 1. The first-order chi connectivity index (χ1) is 10.1. The number of amides is 2. The summed E-state index contributed by atoms with van der Waals surface area (Å²) in [7, 11) is 0. The summed E-state index contributed by atoms with van der Waals surface area (Å²) in [5, 5.41) is 16.4. The fraction of sp³-hybridized carbons (Fsp3) is 0.286. The SMILES string of the molecule is CCc1cnc(NC(=O)NCC(O)c2ccc(Cl)cc2)s1. The molecule has 1 heterocycles. The number of aryl methyl sites for hydroxylation is 1. The lowest BCUT2D eigenvalue weighted by molar-refractivity contribution is 0.175. The second kappa shape index (κ2) is 7.40. The van der Waals surface area contributed by atoms with Crippen LogP contribution in [0.4, 0.5) is 9.93 Å². The van der Waals surface area contributed by atoms with Gasteiger partial charge in [-0.3, -0.25) is 5.32 Å². The van der Waals surface area contributed by atoms with Crippen molar-refractivity contribution in [3.63, 3.8) is 0 Å². The molecule has 1 unspecified atom stereocenters. The van der Waals surface area contributed by atoms with Gasteiger partial charge in [0.2, 0.25) is 0 Å². The Bertz CT molecular complexity index is 601. The lowest BCUT2D eigenvalue weighted by Gasteiger charge is -2.12. The molecule has 1 aromatic heterocycles. The van der Waals surface area contributed by atoms with Crippen LogP contribution in [0.1, 0.15) is 23.5 Å². The number of hydrogen-bond acceptors (Lipinski definition) is 4. The zero-order valence-electron chi connectivity index (χ0n) is 11.5. The third-order valence-electron chi connectivity index (χ3n) is 2.83. The summed E-state index contributed by atoms with van der Waals surface area (Å²) in [5.74, 6) is 0. The summed E-state index contributed by atoms with van der Waals surface area (Å²) in [5.41, 5.74) is 0.696. The predicted octanol–water partition coefficient (Wildman–Crippen LogP) is 3.21.